The highest BCUT2D eigenvalue weighted by Crippen LogP contribution is 2.20. The number of nitrogens with one attached hydrogen (secondary N) is 1. The van der Waals surface area contributed by atoms with Crippen molar-refractivity contribution >= 4 is 5.69 Å². The molecule has 0 aromatic carbocycles. The topological polar surface area (TPSA) is 45.1 Å². The standard InChI is InChI=1S/C12H20N2O/c1-4-12(3,9-15)8-14-11-6-5-10(2)13-7-11/h5-7,14-15H,4,8-9H2,1-3H3. The van der Waals surface area contributed by atoms with Crippen LogP contribution in [0.3, 0.4) is 0 Å². The number of aryl methyl sites for hydroxylation is 1. The zero-order chi connectivity index (χ0) is 11.3. The van der Waals surface area contributed by atoms with E-state index in [9.17, 15) is 5.11 Å². The molecule has 3 heteroatoms. The molecule has 0 spiro atoms. The van der Waals surface area contributed by atoms with Crippen LogP contribution in [0.25, 0.3) is 0 Å². The summed E-state index contributed by atoms with van der Waals surface area (Å²) in [6, 6.07) is 3.99. The molecule has 0 amide bonds. The van der Waals surface area contributed by atoms with Crippen LogP contribution in [0.1, 0.15) is 26.0 Å². The van der Waals surface area contributed by atoms with Crippen molar-refractivity contribution in [3.63, 3.8) is 0 Å². The highest BCUT2D eigenvalue weighted by atomic mass is 16.3. The molecule has 3 nitrogen and oxygen atoms in total. The molecule has 0 aliphatic rings. The van der Waals surface area contributed by atoms with Crippen LogP contribution >= 0.6 is 0 Å². The molecule has 1 rings (SSSR count). The Morgan fingerprint density at radius 2 is 2.20 bits per heavy atom. The third kappa shape index (κ3) is 3.51. The number of nitrogens with zero attached hydrogens (tertiary/aromatic N) is 1. The van der Waals surface area contributed by atoms with Gasteiger partial charge in [0, 0.05) is 17.7 Å². The Morgan fingerprint density at radius 1 is 1.47 bits per heavy atom. The lowest BCUT2D eigenvalue weighted by atomic mass is 9.88. The van der Waals surface area contributed by atoms with Gasteiger partial charge in [0.15, 0.2) is 0 Å². The smallest absolute Gasteiger partial charge is 0.0527 e. The third-order valence-electron chi connectivity index (χ3n) is 2.87. The van der Waals surface area contributed by atoms with Crippen molar-refractivity contribution in [2.75, 3.05) is 18.5 Å². The molecule has 0 fully saturated rings. The Hall–Kier alpha value is -1.09. The first-order chi connectivity index (χ1) is 7.09. The second-order valence-corrected chi connectivity index (χ2v) is 4.36. The fourth-order valence-corrected chi connectivity index (χ4v) is 1.18. The summed E-state index contributed by atoms with van der Waals surface area (Å²) in [7, 11) is 0. The summed E-state index contributed by atoms with van der Waals surface area (Å²) in [5.41, 5.74) is 1.97. The van der Waals surface area contributed by atoms with Crippen molar-refractivity contribution in [2.45, 2.75) is 27.2 Å². The largest absolute Gasteiger partial charge is 0.396 e. The van der Waals surface area contributed by atoms with Gasteiger partial charge in [0.2, 0.25) is 0 Å². The monoisotopic (exact) mass is 208 g/mol. The van der Waals surface area contributed by atoms with E-state index in [0.717, 1.165) is 24.3 Å². The van der Waals surface area contributed by atoms with Crippen molar-refractivity contribution in [1.29, 1.82) is 0 Å². The van der Waals surface area contributed by atoms with Crippen molar-refractivity contribution in [1.82, 2.24) is 4.98 Å². The molecule has 1 heterocycles. The van der Waals surface area contributed by atoms with E-state index in [2.05, 4.69) is 24.1 Å². The van der Waals surface area contributed by atoms with Gasteiger partial charge in [-0.1, -0.05) is 13.8 Å². The first-order valence-electron chi connectivity index (χ1n) is 5.37. The van der Waals surface area contributed by atoms with E-state index in [1.807, 2.05) is 25.3 Å². The Labute approximate surface area is 91.5 Å². The predicted molar refractivity (Wildman–Crippen MR) is 62.9 cm³/mol. The molecule has 1 aromatic rings. The van der Waals surface area contributed by atoms with E-state index in [1.165, 1.54) is 0 Å². The molecule has 1 unspecified atom stereocenters. The number of aliphatic hydroxyl groups is 1. The molecule has 84 valence electrons. The maximum atomic E-state index is 9.25. The van der Waals surface area contributed by atoms with Gasteiger partial charge in [0.1, 0.15) is 0 Å². The third-order valence-corrected chi connectivity index (χ3v) is 2.87. The first-order valence-corrected chi connectivity index (χ1v) is 5.37. The molecule has 0 saturated carbocycles. The summed E-state index contributed by atoms with van der Waals surface area (Å²) in [5, 5.41) is 12.5. The summed E-state index contributed by atoms with van der Waals surface area (Å²) in [6.07, 6.45) is 2.78. The van der Waals surface area contributed by atoms with Gasteiger partial charge >= 0.3 is 0 Å². The maximum absolute atomic E-state index is 9.25. The quantitative estimate of drug-likeness (QED) is 0.779. The highest BCUT2D eigenvalue weighted by Gasteiger charge is 2.20. The van der Waals surface area contributed by atoms with Crippen LogP contribution in [0.4, 0.5) is 5.69 Å². The van der Waals surface area contributed by atoms with Crippen LogP contribution in [-0.2, 0) is 0 Å². The average molecular weight is 208 g/mol. The van der Waals surface area contributed by atoms with Crippen molar-refractivity contribution < 1.29 is 5.11 Å². The normalized spacial score (nSPS) is 14.7. The number of aromatic nitrogens is 1. The summed E-state index contributed by atoms with van der Waals surface area (Å²) < 4.78 is 0. The summed E-state index contributed by atoms with van der Waals surface area (Å²) in [6.45, 7) is 7.10. The minimum Gasteiger partial charge on any atom is -0.396 e. The van der Waals surface area contributed by atoms with E-state index < -0.39 is 0 Å². The lowest BCUT2D eigenvalue weighted by Gasteiger charge is -2.26. The van der Waals surface area contributed by atoms with Crippen LogP contribution in [0.2, 0.25) is 0 Å². The van der Waals surface area contributed by atoms with Crippen molar-refractivity contribution in [3.8, 4) is 0 Å². The highest BCUT2D eigenvalue weighted by molar-refractivity contribution is 5.40. The van der Waals surface area contributed by atoms with Crippen LogP contribution < -0.4 is 5.32 Å². The van der Waals surface area contributed by atoms with Gasteiger partial charge in [-0.25, -0.2) is 0 Å². The maximum Gasteiger partial charge on any atom is 0.0527 e. The van der Waals surface area contributed by atoms with E-state index >= 15 is 0 Å². The molecular formula is C12H20N2O. The molecular weight excluding hydrogens is 188 g/mol. The van der Waals surface area contributed by atoms with E-state index in [4.69, 9.17) is 0 Å². The first kappa shape index (κ1) is 12.0. The molecule has 1 aromatic heterocycles. The SMILES string of the molecule is CCC(C)(CO)CNc1ccc(C)nc1. The zero-order valence-electron chi connectivity index (χ0n) is 9.75. The lowest BCUT2D eigenvalue weighted by Crippen LogP contribution is -2.29. The number of anilines is 1. The summed E-state index contributed by atoms with van der Waals surface area (Å²) >= 11 is 0. The van der Waals surface area contributed by atoms with Gasteiger partial charge in [-0.2, -0.15) is 0 Å². The molecule has 0 bridgehead atoms. The number of hydrogen-bond acceptors (Lipinski definition) is 3. The Morgan fingerprint density at radius 3 is 2.67 bits per heavy atom. The number of aliphatic hydroxyl groups excluding tert-OH is 1. The van der Waals surface area contributed by atoms with E-state index in [-0.39, 0.29) is 12.0 Å². The lowest BCUT2D eigenvalue weighted by molar-refractivity contribution is 0.149. The Balaban J connectivity index is 2.53. The predicted octanol–water partition coefficient (Wildman–Crippen LogP) is 2.21. The molecule has 2 N–H and O–H groups in total. The molecule has 15 heavy (non-hydrogen) atoms. The van der Waals surface area contributed by atoms with E-state index in [1.54, 1.807) is 0 Å². The Kier molecular flexibility index (Phi) is 4.09. The number of rotatable bonds is 5. The average Bonchev–Trinajstić information content (AvgIpc) is 2.28. The van der Waals surface area contributed by atoms with Gasteiger partial charge in [-0.05, 0) is 25.5 Å². The molecule has 0 aliphatic heterocycles. The van der Waals surface area contributed by atoms with Gasteiger partial charge in [-0.3, -0.25) is 4.98 Å². The van der Waals surface area contributed by atoms with Crippen LogP contribution in [0, 0.1) is 12.3 Å². The minimum absolute atomic E-state index is 0.0507. The molecule has 0 radical (unpaired) electrons. The second-order valence-electron chi connectivity index (χ2n) is 4.36. The van der Waals surface area contributed by atoms with Gasteiger partial charge in [0.05, 0.1) is 18.5 Å². The zero-order valence-corrected chi connectivity index (χ0v) is 9.75. The van der Waals surface area contributed by atoms with Crippen LogP contribution in [0.5, 0.6) is 0 Å². The van der Waals surface area contributed by atoms with Crippen molar-refractivity contribution in [3.05, 3.63) is 24.0 Å². The molecule has 1 atom stereocenters. The molecule has 0 saturated heterocycles. The van der Waals surface area contributed by atoms with E-state index in [0.29, 0.717) is 0 Å². The van der Waals surface area contributed by atoms with Crippen LogP contribution in [0.15, 0.2) is 18.3 Å². The number of hydrogen-bond donors (Lipinski definition) is 2. The van der Waals surface area contributed by atoms with Crippen molar-refractivity contribution in [2.24, 2.45) is 5.41 Å². The van der Waals surface area contributed by atoms with Gasteiger partial charge in [0.25, 0.3) is 0 Å². The molecule has 0 aliphatic carbocycles. The summed E-state index contributed by atoms with van der Waals surface area (Å²) in [5.74, 6) is 0. The second kappa shape index (κ2) is 5.12. The Bertz CT molecular complexity index is 291. The van der Waals surface area contributed by atoms with Gasteiger partial charge < -0.3 is 10.4 Å². The van der Waals surface area contributed by atoms with Gasteiger partial charge in [-0.15, -0.1) is 0 Å². The summed E-state index contributed by atoms with van der Waals surface area (Å²) in [4.78, 5) is 4.21. The minimum atomic E-state index is -0.0507. The fourth-order valence-electron chi connectivity index (χ4n) is 1.18. The fraction of sp³-hybridized carbons (Fsp3) is 0.583. The number of pyridine rings is 1. The van der Waals surface area contributed by atoms with Crippen LogP contribution in [-0.4, -0.2) is 23.2 Å².